The van der Waals surface area contributed by atoms with E-state index in [4.69, 9.17) is 4.74 Å². The van der Waals surface area contributed by atoms with Crippen LogP contribution in [0.3, 0.4) is 0 Å². The molecule has 1 aliphatic rings. The zero-order chi connectivity index (χ0) is 16.5. The number of hydrogen-bond acceptors (Lipinski definition) is 4. The Balaban J connectivity index is 2.42. The maximum absolute atomic E-state index is 13.2. The number of nitrogens with zero attached hydrogens (tertiary/aromatic N) is 2. The van der Waals surface area contributed by atoms with E-state index < -0.39 is 24.2 Å². The molecule has 0 fully saturated rings. The van der Waals surface area contributed by atoms with Crippen LogP contribution in [-0.4, -0.2) is 40.7 Å². The lowest BCUT2D eigenvalue weighted by atomic mass is 10.0. The molecule has 1 aromatic rings. The van der Waals surface area contributed by atoms with Crippen molar-refractivity contribution in [1.29, 1.82) is 0 Å². The Kier molecular flexibility index (Phi) is 4.15. The largest absolute Gasteiger partial charge is 0.497 e. The minimum atomic E-state index is -5.01. The van der Waals surface area contributed by atoms with Gasteiger partial charge in [-0.3, -0.25) is 4.79 Å². The predicted molar refractivity (Wildman–Crippen MR) is 72.5 cm³/mol. The van der Waals surface area contributed by atoms with E-state index in [2.05, 4.69) is 5.10 Å². The number of benzene rings is 1. The fraction of sp³-hybridized carbons (Fsp3) is 0.429. The van der Waals surface area contributed by atoms with Crippen molar-refractivity contribution in [3.05, 3.63) is 29.8 Å². The van der Waals surface area contributed by atoms with Crippen LogP contribution in [0.2, 0.25) is 0 Å². The van der Waals surface area contributed by atoms with E-state index in [-0.39, 0.29) is 22.7 Å². The number of carbonyl (C=O) groups is 1. The lowest BCUT2D eigenvalue weighted by Gasteiger charge is -2.32. The lowest BCUT2D eigenvalue weighted by Crippen LogP contribution is -2.56. The minimum Gasteiger partial charge on any atom is -0.497 e. The third-order valence-corrected chi connectivity index (χ3v) is 3.41. The molecule has 0 saturated carbocycles. The smallest absolute Gasteiger partial charge is 0.438 e. The highest BCUT2D eigenvalue weighted by Gasteiger charge is 2.63. The van der Waals surface area contributed by atoms with E-state index in [1.165, 1.54) is 25.3 Å². The molecule has 0 unspecified atom stereocenters. The number of amides is 1. The molecule has 1 heterocycles. The van der Waals surface area contributed by atoms with Gasteiger partial charge in [0.2, 0.25) is 0 Å². The number of hydrazone groups is 1. The summed E-state index contributed by atoms with van der Waals surface area (Å²) in [5, 5.41) is 13.7. The van der Waals surface area contributed by atoms with Crippen molar-refractivity contribution in [2.75, 3.05) is 7.11 Å². The third kappa shape index (κ3) is 2.66. The van der Waals surface area contributed by atoms with E-state index in [1.807, 2.05) is 0 Å². The molecular weight excluding hydrogens is 301 g/mol. The summed E-state index contributed by atoms with van der Waals surface area (Å²) in [5.41, 5.74) is -3.27. The molecule has 2 rings (SSSR count). The number of halogens is 3. The van der Waals surface area contributed by atoms with Crippen molar-refractivity contribution in [2.24, 2.45) is 5.10 Å². The monoisotopic (exact) mass is 316 g/mol. The summed E-state index contributed by atoms with van der Waals surface area (Å²) in [5.74, 6) is -0.720. The Hall–Kier alpha value is -2.09. The number of aliphatic hydroxyl groups is 1. The van der Waals surface area contributed by atoms with Gasteiger partial charge in [0, 0.05) is 17.7 Å². The molecule has 120 valence electrons. The molecule has 0 bridgehead atoms. The third-order valence-electron chi connectivity index (χ3n) is 3.41. The summed E-state index contributed by atoms with van der Waals surface area (Å²) < 4.78 is 44.5. The van der Waals surface area contributed by atoms with E-state index in [9.17, 15) is 23.1 Å². The molecule has 0 saturated heterocycles. The average Bonchev–Trinajstić information content (AvgIpc) is 2.84. The Morgan fingerprint density at radius 1 is 1.50 bits per heavy atom. The predicted octanol–water partition coefficient (Wildman–Crippen LogP) is 2.56. The van der Waals surface area contributed by atoms with Crippen LogP contribution in [0.4, 0.5) is 13.2 Å². The molecule has 0 spiro atoms. The fourth-order valence-electron chi connectivity index (χ4n) is 2.13. The van der Waals surface area contributed by atoms with Gasteiger partial charge in [0.15, 0.2) is 0 Å². The first-order valence-electron chi connectivity index (χ1n) is 6.57. The van der Waals surface area contributed by atoms with Crippen LogP contribution >= 0.6 is 0 Å². The fourth-order valence-corrected chi connectivity index (χ4v) is 2.13. The highest BCUT2D eigenvalue weighted by Crippen LogP contribution is 2.41. The maximum atomic E-state index is 13.2. The molecule has 0 aliphatic carbocycles. The SMILES string of the molecule is CCC1=NN(C(=O)c2cccc(OC)c2)[C@](O)(C(F)(F)F)C1. The molecule has 5 nitrogen and oxygen atoms in total. The lowest BCUT2D eigenvalue weighted by molar-refractivity contribution is -0.297. The number of hydrogen-bond donors (Lipinski definition) is 1. The normalized spacial score (nSPS) is 21.7. The maximum Gasteiger partial charge on any atom is 0.438 e. The Morgan fingerprint density at radius 2 is 2.18 bits per heavy atom. The number of alkyl halides is 3. The summed E-state index contributed by atoms with van der Waals surface area (Å²) in [4.78, 5) is 12.3. The first kappa shape index (κ1) is 16.3. The molecule has 1 atom stereocenters. The molecule has 1 aliphatic heterocycles. The van der Waals surface area contributed by atoms with Crippen LogP contribution in [0.1, 0.15) is 30.1 Å². The van der Waals surface area contributed by atoms with Gasteiger partial charge in [0.1, 0.15) is 5.75 Å². The van der Waals surface area contributed by atoms with Crippen molar-refractivity contribution >= 4 is 11.6 Å². The number of carbonyl (C=O) groups excluding carboxylic acids is 1. The van der Waals surface area contributed by atoms with E-state index >= 15 is 0 Å². The molecule has 0 aromatic heterocycles. The first-order valence-corrected chi connectivity index (χ1v) is 6.57. The summed E-state index contributed by atoms with van der Waals surface area (Å²) in [6.45, 7) is 1.61. The quantitative estimate of drug-likeness (QED) is 0.932. The van der Waals surface area contributed by atoms with E-state index in [0.717, 1.165) is 0 Å². The van der Waals surface area contributed by atoms with Crippen molar-refractivity contribution < 1.29 is 27.8 Å². The second kappa shape index (κ2) is 5.60. The van der Waals surface area contributed by atoms with E-state index in [1.54, 1.807) is 13.0 Å². The Labute approximate surface area is 125 Å². The van der Waals surface area contributed by atoms with Gasteiger partial charge in [-0.1, -0.05) is 13.0 Å². The number of methoxy groups -OCH3 is 1. The van der Waals surface area contributed by atoms with Crippen molar-refractivity contribution in [3.8, 4) is 5.75 Å². The van der Waals surface area contributed by atoms with Crippen LogP contribution in [0.5, 0.6) is 5.75 Å². The van der Waals surface area contributed by atoms with Crippen molar-refractivity contribution in [2.45, 2.75) is 31.7 Å². The van der Waals surface area contributed by atoms with E-state index in [0.29, 0.717) is 5.75 Å². The van der Waals surface area contributed by atoms with Gasteiger partial charge in [-0.05, 0) is 24.6 Å². The molecule has 0 radical (unpaired) electrons. The van der Waals surface area contributed by atoms with Gasteiger partial charge >= 0.3 is 6.18 Å². The van der Waals surface area contributed by atoms with Crippen LogP contribution in [-0.2, 0) is 0 Å². The highest BCUT2D eigenvalue weighted by molar-refractivity contribution is 5.98. The molecule has 1 amide bonds. The van der Waals surface area contributed by atoms with Crippen molar-refractivity contribution in [3.63, 3.8) is 0 Å². The first-order chi connectivity index (χ1) is 10.2. The molecule has 8 heteroatoms. The molecular formula is C14H15F3N2O3. The zero-order valence-corrected chi connectivity index (χ0v) is 12.0. The van der Waals surface area contributed by atoms with Crippen LogP contribution in [0, 0.1) is 0 Å². The highest BCUT2D eigenvalue weighted by atomic mass is 19.4. The molecule has 1 aromatic carbocycles. The van der Waals surface area contributed by atoms with Gasteiger partial charge in [0.05, 0.1) is 7.11 Å². The summed E-state index contributed by atoms with van der Waals surface area (Å²) in [6.07, 6.45) is -5.55. The topological polar surface area (TPSA) is 62.1 Å². The van der Waals surface area contributed by atoms with Gasteiger partial charge in [-0.25, -0.2) is 0 Å². The van der Waals surface area contributed by atoms with Gasteiger partial charge in [-0.2, -0.15) is 23.3 Å². The van der Waals surface area contributed by atoms with Crippen LogP contribution in [0.25, 0.3) is 0 Å². The van der Waals surface area contributed by atoms with Gasteiger partial charge in [0.25, 0.3) is 11.6 Å². The number of ether oxygens (including phenoxy) is 1. The summed E-state index contributed by atoms with van der Waals surface area (Å²) in [6, 6.07) is 5.65. The summed E-state index contributed by atoms with van der Waals surface area (Å²) in [7, 11) is 1.37. The second-order valence-corrected chi connectivity index (χ2v) is 4.86. The second-order valence-electron chi connectivity index (χ2n) is 4.86. The number of rotatable bonds is 3. The Bertz CT molecular complexity index is 616. The minimum absolute atomic E-state index is 0.0527. The standard InChI is InChI=1S/C14H15F3N2O3/c1-3-10-8-13(21,14(15,16)17)19(18-10)12(20)9-5-4-6-11(7-9)22-2/h4-7,21H,3,8H2,1-2H3/t13-/m1/s1. The molecule has 22 heavy (non-hydrogen) atoms. The average molecular weight is 316 g/mol. The van der Waals surface area contributed by atoms with Crippen molar-refractivity contribution in [1.82, 2.24) is 5.01 Å². The zero-order valence-electron chi connectivity index (χ0n) is 12.0. The van der Waals surface area contributed by atoms with Crippen LogP contribution in [0.15, 0.2) is 29.4 Å². The van der Waals surface area contributed by atoms with Gasteiger partial charge < -0.3 is 9.84 Å². The van der Waals surface area contributed by atoms with Gasteiger partial charge in [-0.15, -0.1) is 0 Å². The summed E-state index contributed by atoms with van der Waals surface area (Å²) >= 11 is 0. The molecule has 1 N–H and O–H groups in total. The Morgan fingerprint density at radius 3 is 2.73 bits per heavy atom. The van der Waals surface area contributed by atoms with Crippen LogP contribution < -0.4 is 4.74 Å².